The average Bonchev–Trinajstić information content (AvgIpc) is 2.81. The van der Waals surface area contributed by atoms with Crippen LogP contribution in [0.3, 0.4) is 0 Å². The van der Waals surface area contributed by atoms with E-state index in [0.717, 1.165) is 39.3 Å². The van der Waals surface area contributed by atoms with Crippen molar-refractivity contribution < 1.29 is 19.7 Å². The molecule has 4 N–H and O–H groups in total. The van der Waals surface area contributed by atoms with Gasteiger partial charge in [-0.3, -0.25) is 9.80 Å². The molecule has 0 radical (unpaired) electrons. The molecule has 2 saturated heterocycles. The second-order valence-electron chi connectivity index (χ2n) is 5.48. The average molecular weight is 289 g/mol. The second kappa shape index (κ2) is 7.65. The maximum atomic E-state index is 10.3. The fraction of sp³-hybridized carbons (Fsp3) is 1.00. The van der Waals surface area contributed by atoms with E-state index in [0.29, 0.717) is 6.54 Å². The smallest absolute Gasteiger partial charge is 0.109 e. The third-order valence-corrected chi connectivity index (χ3v) is 4.31. The van der Waals surface area contributed by atoms with E-state index in [4.69, 9.17) is 15.2 Å². The topological polar surface area (TPSA) is 91.4 Å². The number of hydrogen-bond donors (Lipinski definition) is 3. The van der Waals surface area contributed by atoms with Crippen molar-refractivity contribution in [3.63, 3.8) is 0 Å². The van der Waals surface area contributed by atoms with Gasteiger partial charge in [-0.15, -0.1) is 0 Å². The van der Waals surface area contributed by atoms with E-state index in [9.17, 15) is 10.2 Å². The molecule has 2 rings (SSSR count). The van der Waals surface area contributed by atoms with Gasteiger partial charge in [0.05, 0.1) is 25.4 Å². The first-order valence-corrected chi connectivity index (χ1v) is 7.31. The lowest BCUT2D eigenvalue weighted by molar-refractivity contribution is -0.0193. The number of methoxy groups -OCH3 is 1. The molecule has 0 aromatic carbocycles. The molecule has 2 heterocycles. The SMILES string of the molecule is COCCN1CCN([C@@H]2[C@H](O)[C@H](CO)O[C@@H]2CN)CC1. The van der Waals surface area contributed by atoms with Gasteiger partial charge in [-0.05, 0) is 0 Å². The van der Waals surface area contributed by atoms with Gasteiger partial charge in [-0.1, -0.05) is 0 Å². The van der Waals surface area contributed by atoms with Gasteiger partial charge in [0, 0.05) is 46.4 Å². The Balaban J connectivity index is 1.88. The van der Waals surface area contributed by atoms with Gasteiger partial charge in [0.15, 0.2) is 0 Å². The molecule has 0 aromatic heterocycles. The first kappa shape index (κ1) is 16.1. The zero-order valence-corrected chi connectivity index (χ0v) is 12.1. The number of piperazine rings is 1. The third-order valence-electron chi connectivity index (χ3n) is 4.31. The molecule has 2 aliphatic rings. The Morgan fingerprint density at radius 1 is 1.25 bits per heavy atom. The monoisotopic (exact) mass is 289 g/mol. The first-order chi connectivity index (χ1) is 9.71. The predicted octanol–water partition coefficient (Wildman–Crippen LogP) is -2.30. The molecule has 0 unspecified atom stereocenters. The molecule has 0 aliphatic carbocycles. The van der Waals surface area contributed by atoms with Crippen LogP contribution in [0.1, 0.15) is 0 Å². The normalized spacial score (nSPS) is 36.6. The van der Waals surface area contributed by atoms with E-state index in [1.807, 2.05) is 0 Å². The maximum Gasteiger partial charge on any atom is 0.109 e. The molecule has 7 heteroatoms. The Morgan fingerprint density at radius 3 is 2.50 bits per heavy atom. The van der Waals surface area contributed by atoms with Gasteiger partial charge in [0.1, 0.15) is 12.2 Å². The summed E-state index contributed by atoms with van der Waals surface area (Å²) in [5.41, 5.74) is 5.73. The molecule has 118 valence electrons. The van der Waals surface area contributed by atoms with Crippen LogP contribution in [0, 0.1) is 0 Å². The number of aliphatic hydroxyl groups excluding tert-OH is 2. The van der Waals surface area contributed by atoms with Crippen LogP contribution in [-0.2, 0) is 9.47 Å². The van der Waals surface area contributed by atoms with Crippen molar-refractivity contribution >= 4 is 0 Å². The Kier molecular flexibility index (Phi) is 6.16. The largest absolute Gasteiger partial charge is 0.394 e. The number of hydrogen-bond acceptors (Lipinski definition) is 7. The molecular weight excluding hydrogens is 262 g/mol. The van der Waals surface area contributed by atoms with Crippen LogP contribution in [0.4, 0.5) is 0 Å². The van der Waals surface area contributed by atoms with Crippen LogP contribution in [0.15, 0.2) is 0 Å². The molecule has 0 amide bonds. The number of nitrogens with zero attached hydrogens (tertiary/aromatic N) is 2. The van der Waals surface area contributed by atoms with Gasteiger partial charge < -0.3 is 25.4 Å². The quantitative estimate of drug-likeness (QED) is 0.506. The van der Waals surface area contributed by atoms with E-state index >= 15 is 0 Å². The summed E-state index contributed by atoms with van der Waals surface area (Å²) in [4.78, 5) is 4.59. The van der Waals surface area contributed by atoms with Crippen LogP contribution in [0.5, 0.6) is 0 Å². The van der Waals surface area contributed by atoms with Crippen molar-refractivity contribution in [1.29, 1.82) is 0 Å². The summed E-state index contributed by atoms with van der Waals surface area (Å²) in [7, 11) is 1.71. The van der Waals surface area contributed by atoms with Crippen LogP contribution in [0.25, 0.3) is 0 Å². The minimum absolute atomic E-state index is 0.110. The van der Waals surface area contributed by atoms with E-state index in [1.165, 1.54) is 0 Å². The Hall–Kier alpha value is -0.280. The summed E-state index contributed by atoms with van der Waals surface area (Å²) in [5.74, 6) is 0. The summed E-state index contributed by atoms with van der Waals surface area (Å²) >= 11 is 0. The highest BCUT2D eigenvalue weighted by molar-refractivity contribution is 4.98. The summed E-state index contributed by atoms with van der Waals surface area (Å²) < 4.78 is 10.7. The molecule has 0 saturated carbocycles. The molecular formula is C13H27N3O4. The van der Waals surface area contributed by atoms with Crippen molar-refractivity contribution in [3.05, 3.63) is 0 Å². The van der Waals surface area contributed by atoms with Crippen molar-refractivity contribution in [2.75, 3.05) is 59.6 Å². The fourth-order valence-electron chi connectivity index (χ4n) is 3.13. The highest BCUT2D eigenvalue weighted by atomic mass is 16.5. The van der Waals surface area contributed by atoms with Crippen LogP contribution in [0.2, 0.25) is 0 Å². The van der Waals surface area contributed by atoms with Crippen molar-refractivity contribution in [3.8, 4) is 0 Å². The molecule has 20 heavy (non-hydrogen) atoms. The van der Waals surface area contributed by atoms with Crippen molar-refractivity contribution in [1.82, 2.24) is 9.80 Å². The molecule has 2 fully saturated rings. The zero-order valence-electron chi connectivity index (χ0n) is 12.1. The Morgan fingerprint density at radius 2 is 1.95 bits per heavy atom. The van der Waals surface area contributed by atoms with Gasteiger partial charge in [0.2, 0.25) is 0 Å². The highest BCUT2D eigenvalue weighted by Crippen LogP contribution is 2.26. The van der Waals surface area contributed by atoms with Crippen molar-refractivity contribution in [2.45, 2.75) is 24.4 Å². The van der Waals surface area contributed by atoms with Gasteiger partial charge in [-0.25, -0.2) is 0 Å². The van der Waals surface area contributed by atoms with Gasteiger partial charge in [0.25, 0.3) is 0 Å². The molecule has 0 spiro atoms. The first-order valence-electron chi connectivity index (χ1n) is 7.31. The minimum Gasteiger partial charge on any atom is -0.394 e. The molecule has 7 nitrogen and oxygen atoms in total. The van der Waals surface area contributed by atoms with E-state index in [1.54, 1.807) is 7.11 Å². The lowest BCUT2D eigenvalue weighted by Crippen LogP contribution is -2.57. The summed E-state index contributed by atoms with van der Waals surface area (Å²) in [5, 5.41) is 19.5. The number of aliphatic hydroxyl groups is 2. The molecule has 0 bridgehead atoms. The van der Waals surface area contributed by atoms with E-state index in [2.05, 4.69) is 9.80 Å². The number of nitrogens with two attached hydrogens (primary N) is 1. The molecule has 4 atom stereocenters. The van der Waals surface area contributed by atoms with Crippen LogP contribution in [-0.4, -0.2) is 104 Å². The number of rotatable bonds is 6. The Labute approximate surface area is 120 Å². The second-order valence-corrected chi connectivity index (χ2v) is 5.48. The lowest BCUT2D eigenvalue weighted by Gasteiger charge is -2.40. The lowest BCUT2D eigenvalue weighted by atomic mass is 10.0. The molecule has 2 aliphatic heterocycles. The predicted molar refractivity (Wildman–Crippen MR) is 74.5 cm³/mol. The minimum atomic E-state index is -0.668. The molecule has 0 aromatic rings. The van der Waals surface area contributed by atoms with E-state index in [-0.39, 0.29) is 18.8 Å². The standard InChI is InChI=1S/C13H27N3O4/c1-19-7-6-15-2-4-16(5-3-15)12-10(8-14)20-11(9-17)13(12)18/h10-13,17-18H,2-9,14H2,1H3/t10-,11+,12+,13-/m1/s1. The summed E-state index contributed by atoms with van der Waals surface area (Å²) in [6.45, 7) is 5.54. The summed E-state index contributed by atoms with van der Waals surface area (Å²) in [6.07, 6.45) is -1.38. The van der Waals surface area contributed by atoms with Gasteiger partial charge in [-0.2, -0.15) is 0 Å². The Bertz CT molecular complexity index is 285. The van der Waals surface area contributed by atoms with Crippen LogP contribution < -0.4 is 5.73 Å². The maximum absolute atomic E-state index is 10.3. The highest BCUT2D eigenvalue weighted by Gasteiger charge is 2.46. The van der Waals surface area contributed by atoms with Crippen molar-refractivity contribution in [2.24, 2.45) is 5.73 Å². The zero-order chi connectivity index (χ0) is 14.5. The van der Waals surface area contributed by atoms with E-state index < -0.39 is 12.2 Å². The van der Waals surface area contributed by atoms with Crippen LogP contribution >= 0.6 is 0 Å². The fourth-order valence-corrected chi connectivity index (χ4v) is 3.13. The number of ether oxygens (including phenoxy) is 2. The van der Waals surface area contributed by atoms with Gasteiger partial charge >= 0.3 is 0 Å². The summed E-state index contributed by atoms with van der Waals surface area (Å²) in [6, 6.07) is -0.110. The third kappa shape index (κ3) is 3.48.